The van der Waals surface area contributed by atoms with Gasteiger partial charge in [-0.05, 0) is 37.0 Å². The van der Waals surface area contributed by atoms with Gasteiger partial charge in [0.1, 0.15) is 11.5 Å². The van der Waals surface area contributed by atoms with E-state index in [2.05, 4.69) is 0 Å². The van der Waals surface area contributed by atoms with Gasteiger partial charge in [0.15, 0.2) is 5.78 Å². The van der Waals surface area contributed by atoms with E-state index in [-0.39, 0.29) is 36.9 Å². The fourth-order valence-electron chi connectivity index (χ4n) is 4.27. The molecule has 128 valence electrons. The Hall–Kier alpha value is -1.78. The molecule has 3 nitrogen and oxygen atoms in total. The number of hydrogen-bond acceptors (Lipinski definition) is 3. The van der Waals surface area contributed by atoms with Gasteiger partial charge < -0.3 is 4.74 Å². The predicted octanol–water partition coefficient (Wildman–Crippen LogP) is 3.98. The molecular formula is C19H20F2O3. The molecule has 2 saturated carbocycles. The lowest BCUT2D eigenvalue weighted by atomic mass is 9.71. The Morgan fingerprint density at radius 3 is 2.50 bits per heavy atom. The van der Waals surface area contributed by atoms with Gasteiger partial charge in [-0.25, -0.2) is 8.78 Å². The first-order chi connectivity index (χ1) is 11.4. The largest absolute Gasteiger partial charge is 0.493 e. The average molecular weight is 334 g/mol. The number of benzene rings is 1. The summed E-state index contributed by atoms with van der Waals surface area (Å²) in [4.78, 5) is 24.3. The SMILES string of the molecule is O=C1CCC2(CC1)Cc1ccc(OCC3CC(F)(F)C3)cc1C2=O. The van der Waals surface area contributed by atoms with Gasteiger partial charge in [-0.2, -0.15) is 0 Å². The van der Waals surface area contributed by atoms with E-state index >= 15 is 0 Å². The molecule has 0 saturated heterocycles. The molecule has 0 radical (unpaired) electrons. The van der Waals surface area contributed by atoms with Crippen LogP contribution in [0.4, 0.5) is 8.78 Å². The molecule has 1 spiro atoms. The minimum absolute atomic E-state index is 0.111. The summed E-state index contributed by atoms with van der Waals surface area (Å²) < 4.78 is 31.3. The van der Waals surface area contributed by atoms with Crippen LogP contribution < -0.4 is 4.74 Å². The molecule has 1 aromatic rings. The number of carbonyl (C=O) groups is 2. The highest BCUT2D eigenvalue weighted by Crippen LogP contribution is 2.47. The Bertz CT molecular complexity index is 693. The zero-order chi connectivity index (χ0) is 16.9. The van der Waals surface area contributed by atoms with Gasteiger partial charge in [-0.3, -0.25) is 9.59 Å². The Kier molecular flexibility index (Phi) is 3.52. The number of ketones is 2. The Morgan fingerprint density at radius 1 is 1.12 bits per heavy atom. The van der Waals surface area contributed by atoms with Crippen molar-refractivity contribution in [3.63, 3.8) is 0 Å². The number of rotatable bonds is 3. The van der Waals surface area contributed by atoms with Crippen LogP contribution in [0.2, 0.25) is 0 Å². The minimum Gasteiger partial charge on any atom is -0.493 e. The highest BCUT2D eigenvalue weighted by atomic mass is 19.3. The van der Waals surface area contributed by atoms with Gasteiger partial charge in [0.05, 0.1) is 6.61 Å². The minimum atomic E-state index is -2.53. The molecule has 0 aliphatic heterocycles. The summed E-state index contributed by atoms with van der Waals surface area (Å²) in [6, 6.07) is 5.47. The molecule has 0 atom stereocenters. The van der Waals surface area contributed by atoms with Crippen LogP contribution in [0.25, 0.3) is 0 Å². The van der Waals surface area contributed by atoms with Gasteiger partial charge in [-0.1, -0.05) is 6.07 Å². The Labute approximate surface area is 139 Å². The van der Waals surface area contributed by atoms with E-state index in [0.29, 0.717) is 43.4 Å². The summed E-state index contributed by atoms with van der Waals surface area (Å²) in [6.07, 6.45) is 2.70. The van der Waals surface area contributed by atoms with E-state index in [1.54, 1.807) is 6.07 Å². The van der Waals surface area contributed by atoms with Crippen molar-refractivity contribution in [2.24, 2.45) is 11.3 Å². The van der Waals surface area contributed by atoms with Gasteiger partial charge in [-0.15, -0.1) is 0 Å². The van der Waals surface area contributed by atoms with Crippen LogP contribution in [0.1, 0.15) is 54.4 Å². The molecule has 1 aromatic carbocycles. The van der Waals surface area contributed by atoms with Gasteiger partial charge in [0.25, 0.3) is 0 Å². The van der Waals surface area contributed by atoms with Crippen molar-refractivity contribution < 1.29 is 23.1 Å². The van der Waals surface area contributed by atoms with Crippen LogP contribution in [-0.4, -0.2) is 24.1 Å². The van der Waals surface area contributed by atoms with Crippen LogP contribution in [0.5, 0.6) is 5.75 Å². The molecule has 2 fully saturated rings. The molecule has 0 heterocycles. The lowest BCUT2D eigenvalue weighted by molar-refractivity contribution is -0.121. The zero-order valence-corrected chi connectivity index (χ0v) is 13.4. The maximum atomic E-state index is 12.9. The molecule has 3 aliphatic carbocycles. The van der Waals surface area contributed by atoms with Gasteiger partial charge in [0.2, 0.25) is 5.92 Å². The first-order valence-corrected chi connectivity index (χ1v) is 8.57. The maximum Gasteiger partial charge on any atom is 0.248 e. The second-order valence-electron chi connectivity index (χ2n) is 7.59. The van der Waals surface area contributed by atoms with Crippen molar-refractivity contribution in [3.05, 3.63) is 29.3 Å². The van der Waals surface area contributed by atoms with Gasteiger partial charge >= 0.3 is 0 Å². The second kappa shape index (κ2) is 5.36. The molecular weight excluding hydrogens is 314 g/mol. The van der Waals surface area contributed by atoms with E-state index in [1.807, 2.05) is 12.1 Å². The van der Waals surface area contributed by atoms with Crippen molar-refractivity contribution in [2.45, 2.75) is 50.9 Å². The monoisotopic (exact) mass is 334 g/mol. The van der Waals surface area contributed by atoms with Gasteiger partial charge in [0, 0.05) is 42.6 Å². The van der Waals surface area contributed by atoms with Crippen LogP contribution in [0.15, 0.2) is 18.2 Å². The summed E-state index contributed by atoms with van der Waals surface area (Å²) in [5, 5.41) is 0. The highest BCUT2D eigenvalue weighted by molar-refractivity contribution is 6.06. The Balaban J connectivity index is 1.45. The van der Waals surface area contributed by atoms with Crippen molar-refractivity contribution in [1.82, 2.24) is 0 Å². The lowest BCUT2D eigenvalue weighted by Crippen LogP contribution is -2.38. The number of halogens is 2. The van der Waals surface area contributed by atoms with Crippen LogP contribution in [-0.2, 0) is 11.2 Å². The zero-order valence-electron chi connectivity index (χ0n) is 13.4. The second-order valence-corrected chi connectivity index (χ2v) is 7.59. The third kappa shape index (κ3) is 2.64. The highest BCUT2D eigenvalue weighted by Gasteiger charge is 2.47. The van der Waals surface area contributed by atoms with E-state index in [0.717, 1.165) is 5.56 Å². The molecule has 0 amide bonds. The van der Waals surface area contributed by atoms with Crippen molar-refractivity contribution in [3.8, 4) is 5.75 Å². The smallest absolute Gasteiger partial charge is 0.248 e. The number of alkyl halides is 2. The quantitative estimate of drug-likeness (QED) is 0.840. The Morgan fingerprint density at radius 2 is 1.83 bits per heavy atom. The molecule has 24 heavy (non-hydrogen) atoms. The average Bonchev–Trinajstić information content (AvgIpc) is 2.79. The number of ether oxygens (including phenoxy) is 1. The molecule has 0 bridgehead atoms. The standard InChI is InChI=1S/C19H20F2O3/c20-19(21)8-12(9-19)11-24-15-2-1-13-10-18(17(23)16(13)7-15)5-3-14(22)4-6-18/h1-2,7,12H,3-6,8-11H2. The number of hydrogen-bond donors (Lipinski definition) is 0. The molecule has 0 unspecified atom stereocenters. The van der Waals surface area contributed by atoms with Crippen molar-refractivity contribution >= 4 is 11.6 Å². The third-order valence-electron chi connectivity index (χ3n) is 5.76. The summed E-state index contributed by atoms with van der Waals surface area (Å²) in [5.74, 6) is -1.72. The van der Waals surface area contributed by atoms with Crippen molar-refractivity contribution in [2.75, 3.05) is 6.61 Å². The van der Waals surface area contributed by atoms with E-state index in [4.69, 9.17) is 4.74 Å². The van der Waals surface area contributed by atoms with Crippen LogP contribution in [0, 0.1) is 11.3 Å². The molecule has 4 rings (SSSR count). The number of fused-ring (bicyclic) bond motifs is 1. The topological polar surface area (TPSA) is 43.4 Å². The summed E-state index contributed by atoms with van der Waals surface area (Å²) in [7, 11) is 0. The predicted molar refractivity (Wildman–Crippen MR) is 83.6 cm³/mol. The summed E-state index contributed by atoms with van der Waals surface area (Å²) in [6.45, 7) is 0.266. The molecule has 0 aromatic heterocycles. The van der Waals surface area contributed by atoms with Crippen LogP contribution >= 0.6 is 0 Å². The summed E-state index contributed by atoms with van der Waals surface area (Å²) in [5.41, 5.74) is 1.28. The van der Waals surface area contributed by atoms with Crippen molar-refractivity contribution in [1.29, 1.82) is 0 Å². The third-order valence-corrected chi connectivity index (χ3v) is 5.76. The van der Waals surface area contributed by atoms with Crippen LogP contribution in [0.3, 0.4) is 0 Å². The normalized spacial score (nSPS) is 24.8. The van der Waals surface area contributed by atoms with E-state index < -0.39 is 11.3 Å². The molecule has 5 heteroatoms. The fourth-order valence-corrected chi connectivity index (χ4v) is 4.27. The number of Topliss-reactive ketones (excluding diaryl/α,β-unsaturated/α-hetero) is 2. The van der Waals surface area contributed by atoms with E-state index in [9.17, 15) is 18.4 Å². The molecule has 3 aliphatic rings. The van der Waals surface area contributed by atoms with E-state index in [1.165, 1.54) is 0 Å². The first-order valence-electron chi connectivity index (χ1n) is 8.57. The summed E-state index contributed by atoms with van der Waals surface area (Å²) >= 11 is 0. The lowest BCUT2D eigenvalue weighted by Gasteiger charge is -2.34. The fraction of sp³-hybridized carbons (Fsp3) is 0.579. The molecule has 0 N–H and O–H groups in total. The first kappa shape index (κ1) is 15.7. The maximum absolute atomic E-state index is 12.9. The number of carbonyl (C=O) groups excluding carboxylic acids is 2.